The summed E-state index contributed by atoms with van der Waals surface area (Å²) in [6.07, 6.45) is 0.842. The van der Waals surface area contributed by atoms with Crippen molar-refractivity contribution in [3.8, 4) is 0 Å². The van der Waals surface area contributed by atoms with Gasteiger partial charge in [0.2, 0.25) is 0 Å². The van der Waals surface area contributed by atoms with Gasteiger partial charge in [-0.05, 0) is 75.3 Å². The van der Waals surface area contributed by atoms with Crippen molar-refractivity contribution in [1.29, 1.82) is 0 Å². The number of hydrogen-bond acceptors (Lipinski definition) is 4. The lowest BCUT2D eigenvalue weighted by Gasteiger charge is -2.43. The van der Waals surface area contributed by atoms with E-state index in [9.17, 15) is 0 Å². The molecule has 0 aromatic heterocycles. The van der Waals surface area contributed by atoms with Crippen LogP contribution in [0.1, 0.15) is 68.7 Å². The molecule has 0 fully saturated rings. The van der Waals surface area contributed by atoms with E-state index in [-0.39, 0.29) is 16.8 Å². The molecule has 20 heavy (non-hydrogen) atoms. The molecule has 0 rings (SSSR count). The monoisotopic (exact) mass is 305 g/mol. The summed E-state index contributed by atoms with van der Waals surface area (Å²) < 4.78 is 19.0. The van der Waals surface area contributed by atoms with E-state index in [1.54, 1.807) is 0 Å². The summed E-state index contributed by atoms with van der Waals surface area (Å²) in [5, 5.41) is 0. The molecule has 0 heterocycles. The van der Waals surface area contributed by atoms with Gasteiger partial charge in [-0.2, -0.15) is 0 Å². The van der Waals surface area contributed by atoms with Crippen LogP contribution in [-0.2, 0) is 13.3 Å². The zero-order valence-electron chi connectivity index (χ0n) is 14.9. The third-order valence-corrected chi connectivity index (χ3v) is 5.81. The Morgan fingerprint density at radius 1 is 0.700 bits per heavy atom. The van der Waals surface area contributed by atoms with Crippen molar-refractivity contribution in [2.24, 2.45) is 5.73 Å². The molecule has 0 aromatic rings. The highest BCUT2D eigenvalue weighted by Crippen LogP contribution is 2.32. The van der Waals surface area contributed by atoms with Gasteiger partial charge < -0.3 is 19.0 Å². The van der Waals surface area contributed by atoms with Crippen LogP contribution in [0.15, 0.2) is 0 Å². The van der Waals surface area contributed by atoms with Gasteiger partial charge in [0.1, 0.15) is 0 Å². The van der Waals surface area contributed by atoms with E-state index in [0.29, 0.717) is 6.54 Å². The van der Waals surface area contributed by atoms with Crippen molar-refractivity contribution in [2.75, 3.05) is 6.54 Å². The molecule has 0 saturated heterocycles. The molecule has 0 aromatic carbocycles. The fraction of sp³-hybridized carbons (Fsp3) is 1.00. The standard InChI is InChI=1S/C15H35NO3Si/c1-13(2,3)17-20(12-10-11-16,18-14(4,5)6)19-15(7,8)9/h10-12,16H2,1-9H3. The van der Waals surface area contributed by atoms with Crippen LogP contribution in [0.3, 0.4) is 0 Å². The smallest absolute Gasteiger partial charge is 0.368 e. The Morgan fingerprint density at radius 2 is 1.00 bits per heavy atom. The average Bonchev–Trinajstić information content (AvgIpc) is 2.05. The van der Waals surface area contributed by atoms with E-state index in [1.165, 1.54) is 0 Å². The summed E-state index contributed by atoms with van der Waals surface area (Å²) >= 11 is 0. The second kappa shape index (κ2) is 6.88. The fourth-order valence-corrected chi connectivity index (χ4v) is 5.80. The number of nitrogens with two attached hydrogens (primary N) is 1. The molecule has 5 heteroatoms. The van der Waals surface area contributed by atoms with E-state index < -0.39 is 8.80 Å². The lowest BCUT2D eigenvalue weighted by Crippen LogP contribution is -2.57. The van der Waals surface area contributed by atoms with E-state index >= 15 is 0 Å². The molecule has 0 aliphatic carbocycles. The van der Waals surface area contributed by atoms with E-state index in [0.717, 1.165) is 12.5 Å². The second-order valence-electron chi connectivity index (χ2n) is 8.22. The Kier molecular flexibility index (Phi) is 6.90. The van der Waals surface area contributed by atoms with Crippen molar-refractivity contribution in [1.82, 2.24) is 0 Å². The Hall–Kier alpha value is 0.0569. The first-order valence-electron chi connectivity index (χ1n) is 7.49. The first kappa shape index (κ1) is 20.1. The molecule has 4 nitrogen and oxygen atoms in total. The van der Waals surface area contributed by atoms with Gasteiger partial charge in [0.15, 0.2) is 0 Å². The van der Waals surface area contributed by atoms with Crippen molar-refractivity contribution in [3.63, 3.8) is 0 Å². The fourth-order valence-electron chi connectivity index (χ4n) is 1.93. The van der Waals surface area contributed by atoms with E-state index in [2.05, 4.69) is 0 Å². The summed E-state index contributed by atoms with van der Waals surface area (Å²) in [6, 6.07) is 0.745. The molecule has 0 saturated carbocycles. The van der Waals surface area contributed by atoms with Crippen molar-refractivity contribution in [3.05, 3.63) is 0 Å². The highest BCUT2D eigenvalue weighted by Gasteiger charge is 2.49. The summed E-state index contributed by atoms with van der Waals surface area (Å²) in [4.78, 5) is 0. The van der Waals surface area contributed by atoms with Crippen LogP contribution in [0.25, 0.3) is 0 Å². The molecule has 0 bridgehead atoms. The highest BCUT2D eigenvalue weighted by atomic mass is 28.4. The second-order valence-corrected chi connectivity index (χ2v) is 10.7. The van der Waals surface area contributed by atoms with Gasteiger partial charge in [0, 0.05) is 6.04 Å². The third kappa shape index (κ3) is 9.88. The molecule has 0 radical (unpaired) electrons. The Bertz CT molecular complexity index is 246. The summed E-state index contributed by atoms with van der Waals surface area (Å²) in [5.74, 6) is 0. The van der Waals surface area contributed by atoms with Crippen LogP contribution in [0.5, 0.6) is 0 Å². The van der Waals surface area contributed by atoms with Gasteiger partial charge in [-0.1, -0.05) is 0 Å². The maximum atomic E-state index is 6.32. The largest absolute Gasteiger partial charge is 0.502 e. The van der Waals surface area contributed by atoms with Crippen molar-refractivity contribution in [2.45, 2.75) is 91.6 Å². The predicted molar refractivity (Wildman–Crippen MR) is 86.7 cm³/mol. The minimum absolute atomic E-state index is 0.308. The van der Waals surface area contributed by atoms with Crippen LogP contribution in [-0.4, -0.2) is 32.2 Å². The maximum Gasteiger partial charge on any atom is 0.502 e. The van der Waals surface area contributed by atoms with Crippen LogP contribution in [0, 0.1) is 0 Å². The summed E-state index contributed by atoms with van der Waals surface area (Å²) in [6.45, 7) is 18.9. The first-order chi connectivity index (χ1) is 8.68. The Morgan fingerprint density at radius 3 is 1.20 bits per heavy atom. The lowest BCUT2D eigenvalue weighted by molar-refractivity contribution is -0.0753. The highest BCUT2D eigenvalue weighted by molar-refractivity contribution is 6.61. The quantitative estimate of drug-likeness (QED) is 0.760. The van der Waals surface area contributed by atoms with E-state index in [1.807, 2.05) is 62.3 Å². The molecule has 0 aliphatic heterocycles. The average molecular weight is 306 g/mol. The maximum absolute atomic E-state index is 6.32. The lowest BCUT2D eigenvalue weighted by atomic mass is 10.2. The summed E-state index contributed by atoms with van der Waals surface area (Å²) in [7, 11) is -2.80. The van der Waals surface area contributed by atoms with Crippen molar-refractivity contribution >= 4 is 8.80 Å². The zero-order chi connectivity index (χ0) is 16.2. The minimum atomic E-state index is -2.80. The van der Waals surface area contributed by atoms with Gasteiger partial charge in [-0.3, -0.25) is 0 Å². The van der Waals surface area contributed by atoms with Crippen LogP contribution in [0.2, 0.25) is 6.04 Å². The molecule has 0 unspecified atom stereocenters. The SMILES string of the molecule is CC(C)(C)O[Si](CCCN)(OC(C)(C)C)OC(C)(C)C. The molecular formula is C15H35NO3Si. The topological polar surface area (TPSA) is 53.7 Å². The summed E-state index contributed by atoms with van der Waals surface area (Å²) in [5.41, 5.74) is 4.76. The van der Waals surface area contributed by atoms with Gasteiger partial charge >= 0.3 is 8.80 Å². The molecule has 0 aliphatic rings. The Labute approximate surface area is 126 Å². The molecular weight excluding hydrogens is 270 g/mol. The van der Waals surface area contributed by atoms with Gasteiger partial charge in [-0.15, -0.1) is 0 Å². The number of hydrogen-bond donors (Lipinski definition) is 1. The first-order valence-corrected chi connectivity index (χ1v) is 9.42. The van der Waals surface area contributed by atoms with Crippen LogP contribution in [0.4, 0.5) is 0 Å². The zero-order valence-corrected chi connectivity index (χ0v) is 15.9. The Balaban J connectivity index is 5.38. The molecule has 2 N–H and O–H groups in total. The van der Waals surface area contributed by atoms with Gasteiger partial charge in [0.25, 0.3) is 0 Å². The van der Waals surface area contributed by atoms with E-state index in [4.69, 9.17) is 19.0 Å². The predicted octanol–water partition coefficient (Wildman–Crippen LogP) is 3.72. The molecule has 0 atom stereocenters. The minimum Gasteiger partial charge on any atom is -0.368 e. The number of rotatable bonds is 6. The third-order valence-electron chi connectivity index (χ3n) is 2.07. The van der Waals surface area contributed by atoms with Gasteiger partial charge in [-0.25, -0.2) is 0 Å². The molecule has 0 spiro atoms. The normalized spacial score (nSPS) is 14.7. The molecule has 122 valence electrons. The van der Waals surface area contributed by atoms with Gasteiger partial charge in [0.05, 0.1) is 16.8 Å². The van der Waals surface area contributed by atoms with Crippen LogP contribution >= 0.6 is 0 Å². The van der Waals surface area contributed by atoms with Crippen molar-refractivity contribution < 1.29 is 13.3 Å². The molecule has 0 amide bonds. The van der Waals surface area contributed by atoms with Crippen LogP contribution < -0.4 is 5.73 Å².